The number of methoxy groups -OCH3 is 1. The fourth-order valence-corrected chi connectivity index (χ4v) is 3.59. The van der Waals surface area contributed by atoms with Crippen LogP contribution in [0.3, 0.4) is 0 Å². The third-order valence-corrected chi connectivity index (χ3v) is 4.69. The average Bonchev–Trinajstić information content (AvgIpc) is 3.10. The average molecular weight is 275 g/mol. The van der Waals surface area contributed by atoms with E-state index in [2.05, 4.69) is 17.4 Å². The predicted molar refractivity (Wildman–Crippen MR) is 80.0 cm³/mol. The molecule has 3 rings (SSSR count). The zero-order valence-electron chi connectivity index (χ0n) is 12.4. The van der Waals surface area contributed by atoms with Crippen LogP contribution in [-0.2, 0) is 11.3 Å². The molecule has 1 saturated carbocycles. The third-order valence-electron chi connectivity index (χ3n) is 4.69. The van der Waals surface area contributed by atoms with E-state index in [1.165, 1.54) is 44.1 Å². The lowest BCUT2D eigenvalue weighted by atomic mass is 9.98. The van der Waals surface area contributed by atoms with Crippen LogP contribution in [0.2, 0.25) is 0 Å². The van der Waals surface area contributed by atoms with E-state index in [0.717, 1.165) is 18.8 Å². The highest BCUT2D eigenvalue weighted by molar-refractivity contribution is 5.28. The number of benzene rings is 1. The fraction of sp³-hybridized carbons (Fsp3) is 0.647. The molecule has 1 saturated heterocycles. The summed E-state index contributed by atoms with van der Waals surface area (Å²) in [6, 6.07) is 8.23. The molecule has 0 bridgehead atoms. The summed E-state index contributed by atoms with van der Waals surface area (Å²) in [6.07, 6.45) is 8.13. The first-order chi connectivity index (χ1) is 9.80. The van der Waals surface area contributed by atoms with Gasteiger partial charge in [0, 0.05) is 13.1 Å². The van der Waals surface area contributed by atoms with E-state index >= 15 is 0 Å². The number of rotatable bonds is 5. The summed E-state index contributed by atoms with van der Waals surface area (Å²) in [5.74, 6) is 0.923. The van der Waals surface area contributed by atoms with Crippen molar-refractivity contribution in [3.8, 4) is 5.75 Å². The molecule has 20 heavy (non-hydrogen) atoms. The lowest BCUT2D eigenvalue weighted by molar-refractivity contribution is -0.0351. The predicted octanol–water partition coefficient (Wildman–Crippen LogP) is 3.28. The molecule has 3 heteroatoms. The molecule has 1 N–H and O–H groups in total. The molecule has 1 unspecified atom stereocenters. The summed E-state index contributed by atoms with van der Waals surface area (Å²) in [5.41, 5.74) is 1.51. The van der Waals surface area contributed by atoms with Gasteiger partial charge in [-0.15, -0.1) is 0 Å². The first-order valence-electron chi connectivity index (χ1n) is 7.81. The maximum absolute atomic E-state index is 6.31. The summed E-state index contributed by atoms with van der Waals surface area (Å²) in [4.78, 5) is 0. The molecule has 1 aromatic carbocycles. The van der Waals surface area contributed by atoms with Crippen molar-refractivity contribution in [1.29, 1.82) is 0 Å². The highest BCUT2D eigenvalue weighted by Gasteiger charge is 2.41. The highest BCUT2D eigenvalue weighted by Crippen LogP contribution is 2.43. The van der Waals surface area contributed by atoms with E-state index in [0.29, 0.717) is 6.10 Å². The minimum Gasteiger partial charge on any atom is -0.497 e. The molecular formula is C17H25NO2. The monoisotopic (exact) mass is 275 g/mol. The number of ether oxygens (including phenoxy) is 2. The smallest absolute Gasteiger partial charge is 0.119 e. The molecule has 0 aromatic heterocycles. The number of hydrogen-bond donors (Lipinski definition) is 1. The lowest BCUT2D eigenvalue weighted by Crippen LogP contribution is -2.30. The zero-order valence-corrected chi connectivity index (χ0v) is 12.4. The van der Waals surface area contributed by atoms with Gasteiger partial charge in [-0.3, -0.25) is 0 Å². The molecule has 1 aliphatic heterocycles. The van der Waals surface area contributed by atoms with E-state index in [1.807, 2.05) is 12.1 Å². The van der Waals surface area contributed by atoms with Crippen molar-refractivity contribution in [3.63, 3.8) is 0 Å². The van der Waals surface area contributed by atoms with E-state index in [9.17, 15) is 0 Å². The van der Waals surface area contributed by atoms with Crippen LogP contribution in [0.5, 0.6) is 5.75 Å². The quantitative estimate of drug-likeness (QED) is 0.894. The molecule has 2 aliphatic rings. The molecule has 1 aliphatic carbocycles. The molecule has 2 fully saturated rings. The molecule has 110 valence electrons. The fourth-order valence-electron chi connectivity index (χ4n) is 3.59. The Morgan fingerprint density at radius 3 is 2.95 bits per heavy atom. The molecule has 3 nitrogen and oxygen atoms in total. The van der Waals surface area contributed by atoms with E-state index in [1.54, 1.807) is 7.11 Å². The molecule has 1 aromatic rings. The Labute approximate surface area is 121 Å². The van der Waals surface area contributed by atoms with Gasteiger partial charge >= 0.3 is 0 Å². The van der Waals surface area contributed by atoms with Gasteiger partial charge in [-0.1, -0.05) is 25.0 Å². The van der Waals surface area contributed by atoms with Crippen LogP contribution < -0.4 is 10.1 Å². The van der Waals surface area contributed by atoms with Gasteiger partial charge in [0.15, 0.2) is 0 Å². The van der Waals surface area contributed by atoms with E-state index in [-0.39, 0.29) is 5.60 Å². The standard InChI is InChI=1S/C17H25NO2/c1-19-15-6-4-5-14(11-15)12-18-13-16-7-10-17(20-16)8-2-3-9-17/h4-6,11,16,18H,2-3,7-10,12-13H2,1H3. The molecule has 1 spiro atoms. The Kier molecular flexibility index (Phi) is 4.27. The van der Waals surface area contributed by atoms with Crippen LogP contribution >= 0.6 is 0 Å². The van der Waals surface area contributed by atoms with Crippen molar-refractivity contribution >= 4 is 0 Å². The Hall–Kier alpha value is -1.06. The summed E-state index contributed by atoms with van der Waals surface area (Å²) < 4.78 is 11.6. The van der Waals surface area contributed by atoms with E-state index < -0.39 is 0 Å². The molecule has 1 heterocycles. The van der Waals surface area contributed by atoms with Crippen LogP contribution in [-0.4, -0.2) is 25.4 Å². The van der Waals surface area contributed by atoms with Gasteiger partial charge in [0.2, 0.25) is 0 Å². The Morgan fingerprint density at radius 2 is 2.15 bits per heavy atom. The Balaban J connectivity index is 1.44. The van der Waals surface area contributed by atoms with Crippen molar-refractivity contribution in [1.82, 2.24) is 5.32 Å². The molecule has 0 amide bonds. The van der Waals surface area contributed by atoms with Crippen LogP contribution in [0.1, 0.15) is 44.1 Å². The molecular weight excluding hydrogens is 250 g/mol. The minimum absolute atomic E-state index is 0.252. The topological polar surface area (TPSA) is 30.5 Å². The van der Waals surface area contributed by atoms with Gasteiger partial charge in [0.25, 0.3) is 0 Å². The van der Waals surface area contributed by atoms with Crippen LogP contribution in [0.4, 0.5) is 0 Å². The first kappa shape index (κ1) is 13.9. The largest absolute Gasteiger partial charge is 0.497 e. The van der Waals surface area contributed by atoms with Crippen molar-refractivity contribution in [2.24, 2.45) is 0 Å². The van der Waals surface area contributed by atoms with E-state index in [4.69, 9.17) is 9.47 Å². The second-order valence-electron chi connectivity index (χ2n) is 6.15. The van der Waals surface area contributed by atoms with Crippen molar-refractivity contribution in [2.75, 3.05) is 13.7 Å². The van der Waals surface area contributed by atoms with Crippen molar-refractivity contribution < 1.29 is 9.47 Å². The summed E-state index contributed by atoms with van der Waals surface area (Å²) in [6.45, 7) is 1.84. The third kappa shape index (κ3) is 3.15. The Morgan fingerprint density at radius 1 is 1.30 bits per heavy atom. The van der Waals surface area contributed by atoms with Crippen LogP contribution in [0, 0.1) is 0 Å². The van der Waals surface area contributed by atoms with Crippen LogP contribution in [0.15, 0.2) is 24.3 Å². The van der Waals surface area contributed by atoms with Gasteiger partial charge in [-0.25, -0.2) is 0 Å². The first-order valence-corrected chi connectivity index (χ1v) is 7.81. The van der Waals surface area contributed by atoms with Crippen molar-refractivity contribution in [3.05, 3.63) is 29.8 Å². The zero-order chi connectivity index (χ0) is 13.8. The second-order valence-corrected chi connectivity index (χ2v) is 6.15. The van der Waals surface area contributed by atoms with Gasteiger partial charge in [-0.05, 0) is 43.4 Å². The highest BCUT2D eigenvalue weighted by atomic mass is 16.5. The maximum atomic E-state index is 6.31. The Bertz CT molecular complexity index is 440. The molecule has 1 atom stereocenters. The summed E-state index contributed by atoms with van der Waals surface area (Å²) in [7, 11) is 1.71. The number of hydrogen-bond acceptors (Lipinski definition) is 3. The lowest BCUT2D eigenvalue weighted by Gasteiger charge is -2.24. The maximum Gasteiger partial charge on any atom is 0.119 e. The minimum atomic E-state index is 0.252. The summed E-state index contributed by atoms with van der Waals surface area (Å²) >= 11 is 0. The SMILES string of the molecule is COc1cccc(CNCC2CCC3(CCCC3)O2)c1. The number of nitrogens with one attached hydrogen (secondary N) is 1. The summed E-state index contributed by atoms with van der Waals surface area (Å²) in [5, 5.41) is 3.52. The van der Waals surface area contributed by atoms with Gasteiger partial charge in [0.05, 0.1) is 18.8 Å². The van der Waals surface area contributed by atoms with Crippen LogP contribution in [0.25, 0.3) is 0 Å². The van der Waals surface area contributed by atoms with Gasteiger partial charge in [0.1, 0.15) is 5.75 Å². The second kappa shape index (κ2) is 6.15. The van der Waals surface area contributed by atoms with Gasteiger partial charge in [-0.2, -0.15) is 0 Å². The van der Waals surface area contributed by atoms with Crippen molar-refractivity contribution in [2.45, 2.75) is 56.8 Å². The molecule has 0 radical (unpaired) electrons. The van der Waals surface area contributed by atoms with Gasteiger partial charge < -0.3 is 14.8 Å². The normalized spacial score (nSPS) is 24.4.